The van der Waals surface area contributed by atoms with Crippen molar-refractivity contribution < 1.29 is 18.7 Å². The molecule has 0 aromatic carbocycles. The predicted molar refractivity (Wildman–Crippen MR) is 76.6 cm³/mol. The molecule has 7 heteroatoms. The van der Waals surface area contributed by atoms with Crippen LogP contribution in [-0.2, 0) is 4.74 Å². The number of pyridine rings is 1. The Labute approximate surface area is 127 Å². The number of ether oxygens (including phenoxy) is 2. The lowest BCUT2D eigenvalue weighted by atomic mass is 10.1. The minimum atomic E-state index is -0.330. The van der Waals surface area contributed by atoms with Gasteiger partial charge in [0.05, 0.1) is 31.6 Å². The predicted octanol–water partition coefficient (Wildman–Crippen LogP) is 1.34. The van der Waals surface area contributed by atoms with Crippen molar-refractivity contribution >= 4 is 5.91 Å². The molecule has 0 spiro atoms. The van der Waals surface area contributed by atoms with E-state index in [1.807, 2.05) is 19.1 Å². The van der Waals surface area contributed by atoms with Gasteiger partial charge >= 0.3 is 0 Å². The van der Waals surface area contributed by atoms with Crippen LogP contribution in [0.5, 0.6) is 5.75 Å². The van der Waals surface area contributed by atoms with Crippen molar-refractivity contribution in [3.63, 3.8) is 0 Å². The minimum absolute atomic E-state index is 0.168. The van der Waals surface area contributed by atoms with Crippen LogP contribution >= 0.6 is 0 Å². The summed E-state index contributed by atoms with van der Waals surface area (Å²) in [6.45, 7) is 2.90. The monoisotopic (exact) mass is 303 g/mol. The zero-order valence-corrected chi connectivity index (χ0v) is 12.2. The average Bonchev–Trinajstić information content (AvgIpc) is 3.06. The van der Waals surface area contributed by atoms with Gasteiger partial charge in [-0.1, -0.05) is 0 Å². The Morgan fingerprint density at radius 1 is 1.41 bits per heavy atom. The summed E-state index contributed by atoms with van der Waals surface area (Å²) in [7, 11) is 0. The normalized spacial score (nSPS) is 21.3. The highest BCUT2D eigenvalue weighted by Gasteiger charge is 2.30. The van der Waals surface area contributed by atoms with E-state index >= 15 is 0 Å². The van der Waals surface area contributed by atoms with Gasteiger partial charge in [-0.3, -0.25) is 9.78 Å². The van der Waals surface area contributed by atoms with Crippen molar-refractivity contribution in [1.82, 2.24) is 15.3 Å². The molecular weight excluding hydrogens is 286 g/mol. The molecule has 0 radical (unpaired) electrons. The molecule has 1 amide bonds. The van der Waals surface area contributed by atoms with Crippen molar-refractivity contribution in [3.8, 4) is 5.75 Å². The third-order valence-electron chi connectivity index (χ3n) is 3.44. The zero-order valence-electron chi connectivity index (χ0n) is 12.2. The van der Waals surface area contributed by atoms with E-state index in [0.29, 0.717) is 25.4 Å². The van der Waals surface area contributed by atoms with Gasteiger partial charge in [0.25, 0.3) is 5.91 Å². The van der Waals surface area contributed by atoms with Gasteiger partial charge in [0.2, 0.25) is 5.76 Å². The van der Waals surface area contributed by atoms with Crippen LogP contribution < -0.4 is 10.1 Å². The first-order valence-electron chi connectivity index (χ1n) is 7.09. The molecule has 3 heterocycles. The van der Waals surface area contributed by atoms with Gasteiger partial charge in [-0.05, 0) is 19.1 Å². The van der Waals surface area contributed by atoms with E-state index in [9.17, 15) is 4.79 Å². The topological polar surface area (TPSA) is 86.5 Å². The molecule has 1 saturated heterocycles. The molecule has 3 rings (SSSR count). The number of nitrogens with zero attached hydrogens (tertiary/aromatic N) is 2. The van der Waals surface area contributed by atoms with E-state index in [4.69, 9.17) is 13.9 Å². The number of aryl methyl sites for hydroxylation is 1. The van der Waals surface area contributed by atoms with Gasteiger partial charge in [0.15, 0.2) is 6.39 Å². The fourth-order valence-electron chi connectivity index (χ4n) is 2.26. The number of oxazole rings is 1. The van der Waals surface area contributed by atoms with Crippen molar-refractivity contribution in [3.05, 3.63) is 42.4 Å². The first-order chi connectivity index (χ1) is 10.7. The van der Waals surface area contributed by atoms with Gasteiger partial charge in [-0.2, -0.15) is 0 Å². The van der Waals surface area contributed by atoms with E-state index in [1.165, 1.54) is 12.6 Å². The lowest BCUT2D eigenvalue weighted by molar-refractivity contribution is -0.00333. The van der Waals surface area contributed by atoms with Crippen LogP contribution in [0.2, 0.25) is 0 Å². The Kier molecular flexibility index (Phi) is 4.34. The summed E-state index contributed by atoms with van der Waals surface area (Å²) in [4.78, 5) is 20.0. The van der Waals surface area contributed by atoms with Crippen LogP contribution in [0, 0.1) is 6.92 Å². The highest BCUT2D eigenvalue weighted by Crippen LogP contribution is 2.18. The molecule has 0 unspecified atom stereocenters. The fraction of sp³-hybridized carbons (Fsp3) is 0.400. The van der Waals surface area contributed by atoms with Gasteiger partial charge in [-0.15, -0.1) is 0 Å². The summed E-state index contributed by atoms with van der Waals surface area (Å²) in [5.74, 6) is 0.515. The number of rotatable bonds is 4. The Bertz CT molecular complexity index is 612. The maximum absolute atomic E-state index is 12.0. The van der Waals surface area contributed by atoms with Crippen LogP contribution in [0.4, 0.5) is 0 Å². The molecule has 1 aliphatic rings. The lowest BCUT2D eigenvalue weighted by Crippen LogP contribution is -2.51. The Hall–Kier alpha value is -2.41. The summed E-state index contributed by atoms with van der Waals surface area (Å²) in [6.07, 6.45) is 4.79. The molecule has 7 nitrogen and oxygen atoms in total. The average molecular weight is 303 g/mol. The second kappa shape index (κ2) is 6.57. The van der Waals surface area contributed by atoms with Crippen molar-refractivity contribution in [1.29, 1.82) is 0 Å². The van der Waals surface area contributed by atoms with Crippen LogP contribution in [0.25, 0.3) is 0 Å². The van der Waals surface area contributed by atoms with E-state index in [2.05, 4.69) is 15.3 Å². The Balaban J connectivity index is 1.65. The third-order valence-corrected chi connectivity index (χ3v) is 3.44. The van der Waals surface area contributed by atoms with Gasteiger partial charge < -0.3 is 19.2 Å². The first-order valence-corrected chi connectivity index (χ1v) is 7.09. The molecule has 1 aliphatic heterocycles. The zero-order chi connectivity index (χ0) is 15.4. The van der Waals surface area contributed by atoms with E-state index in [-0.39, 0.29) is 23.8 Å². The van der Waals surface area contributed by atoms with Crippen LogP contribution in [0.1, 0.15) is 22.7 Å². The molecule has 2 aromatic rings. The number of hydrogen-bond acceptors (Lipinski definition) is 6. The quantitative estimate of drug-likeness (QED) is 0.917. The summed E-state index contributed by atoms with van der Waals surface area (Å²) in [5, 5.41) is 2.86. The van der Waals surface area contributed by atoms with Crippen LogP contribution in [0.15, 0.2) is 35.3 Å². The minimum Gasteiger partial charge on any atom is -0.486 e. The number of nitrogens with one attached hydrogen (secondary N) is 1. The largest absolute Gasteiger partial charge is 0.486 e. The first kappa shape index (κ1) is 14.5. The molecule has 22 heavy (non-hydrogen) atoms. The number of amides is 1. The molecule has 0 bridgehead atoms. The summed E-state index contributed by atoms with van der Waals surface area (Å²) < 4.78 is 16.4. The number of hydrogen-bond donors (Lipinski definition) is 1. The summed E-state index contributed by atoms with van der Waals surface area (Å²) >= 11 is 0. The molecular formula is C15H17N3O4. The molecule has 2 aromatic heterocycles. The van der Waals surface area contributed by atoms with Crippen molar-refractivity contribution in [2.24, 2.45) is 0 Å². The summed E-state index contributed by atoms with van der Waals surface area (Å²) in [6, 6.07) is 3.50. The Morgan fingerprint density at radius 2 is 2.32 bits per heavy atom. The molecule has 2 atom stereocenters. The maximum atomic E-state index is 12.0. The second-order valence-electron chi connectivity index (χ2n) is 5.10. The second-order valence-corrected chi connectivity index (χ2v) is 5.10. The highest BCUT2D eigenvalue weighted by atomic mass is 16.5. The molecule has 1 fully saturated rings. The standard InChI is InChI=1S/C15H17N3O4/c1-10-2-3-11(6-17-10)22-13-4-5-20-8-12(13)18-15(19)14-7-16-9-21-14/h2-3,6-7,9,12-13H,4-5,8H2,1H3,(H,18,19)/t12-,13+/m0/s1. The Morgan fingerprint density at radius 3 is 3.05 bits per heavy atom. The number of carbonyl (C=O) groups is 1. The number of aromatic nitrogens is 2. The highest BCUT2D eigenvalue weighted by molar-refractivity contribution is 5.91. The van der Waals surface area contributed by atoms with E-state index in [0.717, 1.165) is 5.69 Å². The van der Waals surface area contributed by atoms with Gasteiger partial charge in [0, 0.05) is 12.1 Å². The van der Waals surface area contributed by atoms with Crippen molar-refractivity contribution in [2.75, 3.05) is 13.2 Å². The molecule has 1 N–H and O–H groups in total. The van der Waals surface area contributed by atoms with E-state index < -0.39 is 0 Å². The molecule has 0 aliphatic carbocycles. The fourth-order valence-corrected chi connectivity index (χ4v) is 2.26. The lowest BCUT2D eigenvalue weighted by Gasteiger charge is -2.32. The van der Waals surface area contributed by atoms with E-state index in [1.54, 1.807) is 6.20 Å². The smallest absolute Gasteiger partial charge is 0.289 e. The molecule has 0 saturated carbocycles. The van der Waals surface area contributed by atoms with Gasteiger partial charge in [0.1, 0.15) is 11.9 Å². The van der Waals surface area contributed by atoms with Crippen molar-refractivity contribution in [2.45, 2.75) is 25.5 Å². The van der Waals surface area contributed by atoms with Crippen LogP contribution in [0.3, 0.4) is 0 Å². The van der Waals surface area contributed by atoms with Crippen LogP contribution in [-0.4, -0.2) is 41.2 Å². The third kappa shape index (κ3) is 3.43. The maximum Gasteiger partial charge on any atom is 0.289 e. The SMILES string of the molecule is Cc1ccc(O[C@@H]2CCOC[C@@H]2NC(=O)c2cnco2)cn1. The number of carbonyl (C=O) groups excluding carboxylic acids is 1. The summed E-state index contributed by atoms with van der Waals surface area (Å²) in [5.41, 5.74) is 0.925. The van der Waals surface area contributed by atoms with Gasteiger partial charge in [-0.25, -0.2) is 4.98 Å². The molecule has 116 valence electrons.